The maximum absolute atomic E-state index is 12.4. The van der Waals surface area contributed by atoms with Crippen molar-refractivity contribution in [3.8, 4) is 0 Å². The molecule has 1 N–H and O–H groups in total. The van der Waals surface area contributed by atoms with E-state index in [1.807, 2.05) is 0 Å². The van der Waals surface area contributed by atoms with Crippen LogP contribution in [0.15, 0.2) is 6.07 Å². The van der Waals surface area contributed by atoms with Crippen LogP contribution in [0.4, 0.5) is 8.78 Å². The molecule has 0 aliphatic rings. The second kappa shape index (κ2) is 4.66. The predicted octanol–water partition coefficient (Wildman–Crippen LogP) is 2.56. The van der Waals surface area contributed by atoms with Gasteiger partial charge >= 0.3 is 0 Å². The molecular formula is C9H10ClF2NO. The number of aliphatic hydroxyl groups is 1. The number of aliphatic hydroxyl groups excluding tert-OH is 1. The van der Waals surface area contributed by atoms with E-state index in [-0.39, 0.29) is 18.2 Å². The van der Waals surface area contributed by atoms with Gasteiger partial charge in [-0.25, -0.2) is 13.8 Å². The second-order valence-corrected chi connectivity index (χ2v) is 3.16. The van der Waals surface area contributed by atoms with E-state index < -0.39 is 6.43 Å². The highest BCUT2D eigenvalue weighted by Gasteiger charge is 2.15. The molecular weight excluding hydrogens is 212 g/mol. The molecule has 0 radical (unpaired) electrons. The summed E-state index contributed by atoms with van der Waals surface area (Å²) in [4.78, 5) is 3.72. The molecule has 78 valence electrons. The fourth-order valence-electron chi connectivity index (χ4n) is 1.20. The number of hydrogen-bond donors (Lipinski definition) is 1. The Balaban J connectivity index is 3.23. The zero-order valence-electron chi connectivity index (χ0n) is 7.60. The van der Waals surface area contributed by atoms with E-state index >= 15 is 0 Å². The van der Waals surface area contributed by atoms with Gasteiger partial charge in [0.25, 0.3) is 6.43 Å². The molecule has 1 rings (SSSR count). The average molecular weight is 222 g/mol. The first-order chi connectivity index (χ1) is 6.60. The monoisotopic (exact) mass is 221 g/mol. The first-order valence-electron chi connectivity index (χ1n) is 4.04. The molecule has 0 saturated carbocycles. The molecule has 0 atom stereocenters. The summed E-state index contributed by atoms with van der Waals surface area (Å²) in [6.07, 6.45) is -2.61. The van der Waals surface area contributed by atoms with Crippen LogP contribution >= 0.6 is 11.6 Å². The Morgan fingerprint density at radius 1 is 1.57 bits per heavy atom. The smallest absolute Gasteiger partial charge is 0.280 e. The SMILES string of the molecule is Cc1cc(CO)c(CCl)nc1C(F)F. The van der Waals surface area contributed by atoms with E-state index in [2.05, 4.69) is 4.98 Å². The van der Waals surface area contributed by atoms with Gasteiger partial charge in [-0.15, -0.1) is 11.6 Å². The lowest BCUT2D eigenvalue weighted by atomic mass is 10.1. The number of alkyl halides is 3. The molecule has 14 heavy (non-hydrogen) atoms. The summed E-state index contributed by atoms with van der Waals surface area (Å²) in [5.41, 5.74) is 0.924. The van der Waals surface area contributed by atoms with E-state index in [0.717, 1.165) is 0 Å². The summed E-state index contributed by atoms with van der Waals surface area (Å²) >= 11 is 5.52. The summed E-state index contributed by atoms with van der Waals surface area (Å²) in [5, 5.41) is 8.92. The summed E-state index contributed by atoms with van der Waals surface area (Å²) in [6, 6.07) is 1.49. The Kier molecular flexibility index (Phi) is 3.77. The highest BCUT2D eigenvalue weighted by atomic mass is 35.5. The lowest BCUT2D eigenvalue weighted by Gasteiger charge is -2.09. The topological polar surface area (TPSA) is 33.1 Å². The van der Waals surface area contributed by atoms with Crippen LogP contribution < -0.4 is 0 Å². The van der Waals surface area contributed by atoms with Crippen LogP contribution in [0.5, 0.6) is 0 Å². The van der Waals surface area contributed by atoms with Gasteiger partial charge < -0.3 is 5.11 Å². The van der Waals surface area contributed by atoms with Gasteiger partial charge in [-0.1, -0.05) is 0 Å². The molecule has 0 amide bonds. The maximum atomic E-state index is 12.4. The van der Waals surface area contributed by atoms with E-state index in [1.54, 1.807) is 0 Å². The van der Waals surface area contributed by atoms with Crippen molar-refractivity contribution < 1.29 is 13.9 Å². The Morgan fingerprint density at radius 3 is 2.64 bits per heavy atom. The summed E-state index contributed by atoms with van der Waals surface area (Å²) in [6.45, 7) is 1.30. The minimum absolute atomic E-state index is 0.0237. The van der Waals surface area contributed by atoms with E-state index in [0.29, 0.717) is 16.8 Å². The summed E-state index contributed by atoms with van der Waals surface area (Å²) in [5.74, 6) is 0.0237. The van der Waals surface area contributed by atoms with Crippen LogP contribution in [-0.4, -0.2) is 10.1 Å². The molecule has 0 spiro atoms. The molecule has 0 aromatic carbocycles. The summed E-state index contributed by atoms with van der Waals surface area (Å²) in [7, 11) is 0. The lowest BCUT2D eigenvalue weighted by Crippen LogP contribution is -2.03. The normalized spacial score (nSPS) is 11.0. The first-order valence-corrected chi connectivity index (χ1v) is 4.57. The standard InChI is InChI=1S/C9H10ClF2NO/c1-5-2-6(4-14)7(3-10)13-8(5)9(11)12/h2,9,14H,3-4H2,1H3. The van der Waals surface area contributed by atoms with Crippen LogP contribution in [0.3, 0.4) is 0 Å². The van der Waals surface area contributed by atoms with Crippen molar-refractivity contribution in [3.05, 3.63) is 28.6 Å². The number of rotatable bonds is 3. The minimum atomic E-state index is -2.61. The summed E-state index contributed by atoms with van der Waals surface area (Å²) < 4.78 is 24.8. The Bertz CT molecular complexity index is 331. The average Bonchev–Trinajstić information content (AvgIpc) is 2.16. The lowest BCUT2D eigenvalue weighted by molar-refractivity contribution is 0.145. The maximum Gasteiger partial charge on any atom is 0.280 e. The zero-order valence-corrected chi connectivity index (χ0v) is 8.35. The molecule has 0 fully saturated rings. The quantitative estimate of drug-likeness (QED) is 0.796. The van der Waals surface area contributed by atoms with E-state index in [9.17, 15) is 8.78 Å². The molecule has 0 saturated heterocycles. The van der Waals surface area contributed by atoms with Gasteiger partial charge in [0.2, 0.25) is 0 Å². The highest BCUT2D eigenvalue weighted by Crippen LogP contribution is 2.23. The van der Waals surface area contributed by atoms with Crippen LogP contribution in [0.25, 0.3) is 0 Å². The van der Waals surface area contributed by atoms with Crippen LogP contribution in [0.2, 0.25) is 0 Å². The molecule has 2 nitrogen and oxygen atoms in total. The van der Waals surface area contributed by atoms with Crippen LogP contribution in [-0.2, 0) is 12.5 Å². The van der Waals surface area contributed by atoms with Gasteiger partial charge in [-0.05, 0) is 18.6 Å². The first kappa shape index (κ1) is 11.3. The van der Waals surface area contributed by atoms with Crippen molar-refractivity contribution >= 4 is 11.6 Å². The fraction of sp³-hybridized carbons (Fsp3) is 0.444. The van der Waals surface area contributed by atoms with Crippen molar-refractivity contribution in [2.45, 2.75) is 25.8 Å². The van der Waals surface area contributed by atoms with Crippen molar-refractivity contribution in [1.29, 1.82) is 0 Å². The molecule has 0 aliphatic heterocycles. The third-order valence-electron chi connectivity index (χ3n) is 1.92. The van der Waals surface area contributed by atoms with Crippen molar-refractivity contribution in [2.75, 3.05) is 0 Å². The number of nitrogens with zero attached hydrogens (tertiary/aromatic N) is 1. The van der Waals surface area contributed by atoms with Crippen LogP contribution in [0.1, 0.15) is 28.9 Å². The van der Waals surface area contributed by atoms with Gasteiger partial charge in [-0.2, -0.15) is 0 Å². The molecule has 1 heterocycles. The van der Waals surface area contributed by atoms with Crippen molar-refractivity contribution in [1.82, 2.24) is 4.98 Å². The van der Waals surface area contributed by atoms with E-state index in [4.69, 9.17) is 16.7 Å². The number of hydrogen-bond acceptors (Lipinski definition) is 2. The number of halogens is 3. The number of pyridine rings is 1. The number of aromatic nitrogens is 1. The molecule has 1 aromatic heterocycles. The third kappa shape index (κ3) is 2.19. The molecule has 0 bridgehead atoms. The fourth-order valence-corrected chi connectivity index (χ4v) is 1.43. The highest BCUT2D eigenvalue weighted by molar-refractivity contribution is 6.17. The van der Waals surface area contributed by atoms with Crippen molar-refractivity contribution in [3.63, 3.8) is 0 Å². The molecule has 0 aliphatic carbocycles. The van der Waals surface area contributed by atoms with Crippen LogP contribution in [0, 0.1) is 6.92 Å². The number of aryl methyl sites for hydroxylation is 1. The minimum Gasteiger partial charge on any atom is -0.392 e. The van der Waals surface area contributed by atoms with Gasteiger partial charge in [0, 0.05) is 5.56 Å². The Labute approximate surface area is 85.5 Å². The van der Waals surface area contributed by atoms with Gasteiger partial charge in [0.1, 0.15) is 5.69 Å². The Hall–Kier alpha value is -0.740. The third-order valence-corrected chi connectivity index (χ3v) is 2.18. The second-order valence-electron chi connectivity index (χ2n) is 2.89. The predicted molar refractivity (Wildman–Crippen MR) is 49.4 cm³/mol. The van der Waals surface area contributed by atoms with Gasteiger partial charge in [0.15, 0.2) is 0 Å². The Morgan fingerprint density at radius 2 is 2.21 bits per heavy atom. The van der Waals surface area contributed by atoms with Crippen molar-refractivity contribution in [2.24, 2.45) is 0 Å². The molecule has 5 heteroatoms. The molecule has 0 unspecified atom stereocenters. The van der Waals surface area contributed by atoms with Gasteiger partial charge in [0.05, 0.1) is 18.2 Å². The largest absolute Gasteiger partial charge is 0.392 e. The zero-order chi connectivity index (χ0) is 10.7. The molecule has 1 aromatic rings. The van der Waals surface area contributed by atoms with E-state index in [1.165, 1.54) is 13.0 Å². The van der Waals surface area contributed by atoms with Gasteiger partial charge in [-0.3, -0.25) is 0 Å².